The molecule has 7 heteroatoms. The summed E-state index contributed by atoms with van der Waals surface area (Å²) in [5.41, 5.74) is 1.52. The van der Waals surface area contributed by atoms with Crippen molar-refractivity contribution >= 4 is 11.9 Å². The Morgan fingerprint density at radius 1 is 1.33 bits per heavy atom. The van der Waals surface area contributed by atoms with Gasteiger partial charge in [0, 0.05) is 6.07 Å². The molecule has 1 amide bonds. The lowest BCUT2D eigenvalue weighted by Crippen LogP contribution is -2.47. The SMILES string of the molecule is CC[C@H](C)[C@@H](NC(=O)Cn1nc2c(cc1=O)CCCCC2)C(=O)O. The van der Waals surface area contributed by atoms with E-state index in [0.29, 0.717) is 6.42 Å². The fourth-order valence-corrected chi connectivity index (χ4v) is 2.93. The molecule has 0 saturated carbocycles. The third-order valence-electron chi connectivity index (χ3n) is 4.61. The number of hydrogen-bond acceptors (Lipinski definition) is 4. The number of amides is 1. The first kappa shape index (κ1) is 18.2. The van der Waals surface area contributed by atoms with Gasteiger partial charge >= 0.3 is 5.97 Å². The average molecular weight is 335 g/mol. The molecule has 1 aliphatic rings. The van der Waals surface area contributed by atoms with Crippen LogP contribution >= 0.6 is 0 Å². The molecule has 24 heavy (non-hydrogen) atoms. The Bertz CT molecular complexity index is 668. The Morgan fingerprint density at radius 2 is 2.04 bits per heavy atom. The summed E-state index contributed by atoms with van der Waals surface area (Å²) in [5.74, 6) is -1.77. The van der Waals surface area contributed by atoms with Crippen molar-refractivity contribution in [1.29, 1.82) is 0 Å². The number of carbonyl (C=O) groups excluding carboxylic acids is 1. The summed E-state index contributed by atoms with van der Waals surface area (Å²) in [7, 11) is 0. The minimum absolute atomic E-state index is 0.192. The van der Waals surface area contributed by atoms with Gasteiger partial charge in [-0.1, -0.05) is 26.7 Å². The maximum atomic E-state index is 12.2. The van der Waals surface area contributed by atoms with Crippen LogP contribution in [0.3, 0.4) is 0 Å². The summed E-state index contributed by atoms with van der Waals surface area (Å²) in [6.07, 6.45) is 5.48. The molecular formula is C17H25N3O4. The van der Waals surface area contributed by atoms with Gasteiger partial charge in [0.05, 0.1) is 5.69 Å². The predicted octanol–water partition coefficient (Wildman–Crippen LogP) is 1.13. The number of carbonyl (C=O) groups is 2. The van der Waals surface area contributed by atoms with E-state index in [-0.39, 0.29) is 18.0 Å². The van der Waals surface area contributed by atoms with Gasteiger partial charge in [0.1, 0.15) is 12.6 Å². The van der Waals surface area contributed by atoms with E-state index in [4.69, 9.17) is 0 Å². The van der Waals surface area contributed by atoms with E-state index in [1.807, 2.05) is 6.92 Å². The maximum absolute atomic E-state index is 12.2. The molecule has 132 valence electrons. The van der Waals surface area contributed by atoms with E-state index in [1.54, 1.807) is 13.0 Å². The van der Waals surface area contributed by atoms with Gasteiger partial charge in [-0.2, -0.15) is 5.10 Å². The molecule has 0 spiro atoms. The van der Waals surface area contributed by atoms with Gasteiger partial charge in [0.2, 0.25) is 5.91 Å². The topological polar surface area (TPSA) is 101 Å². The fourth-order valence-electron chi connectivity index (χ4n) is 2.93. The standard InChI is InChI=1S/C17H25N3O4/c1-3-11(2)16(17(23)24)18-14(21)10-20-15(22)9-12-7-5-4-6-8-13(12)19-20/h9,11,16H,3-8,10H2,1-2H3,(H,18,21)(H,23,24)/t11-,16+/m0/s1. The largest absolute Gasteiger partial charge is 0.480 e. The number of nitrogens with zero attached hydrogens (tertiary/aromatic N) is 2. The van der Waals surface area contributed by atoms with E-state index in [9.17, 15) is 19.5 Å². The molecule has 1 aromatic heterocycles. The molecule has 1 heterocycles. The van der Waals surface area contributed by atoms with Crippen LogP contribution in [0, 0.1) is 5.92 Å². The maximum Gasteiger partial charge on any atom is 0.326 e. The second-order valence-corrected chi connectivity index (χ2v) is 6.44. The number of nitrogens with one attached hydrogen (secondary N) is 1. The highest BCUT2D eigenvalue weighted by Crippen LogP contribution is 2.16. The van der Waals surface area contributed by atoms with E-state index >= 15 is 0 Å². The number of hydrogen-bond donors (Lipinski definition) is 2. The molecule has 0 radical (unpaired) electrons. The fraction of sp³-hybridized carbons (Fsp3) is 0.647. The number of carboxylic acids is 1. The summed E-state index contributed by atoms with van der Waals surface area (Å²) < 4.78 is 1.13. The highest BCUT2D eigenvalue weighted by molar-refractivity contribution is 5.83. The Labute approximate surface area is 141 Å². The van der Waals surface area contributed by atoms with E-state index in [0.717, 1.165) is 48.0 Å². The highest BCUT2D eigenvalue weighted by atomic mass is 16.4. The lowest BCUT2D eigenvalue weighted by molar-refractivity contribution is -0.143. The van der Waals surface area contributed by atoms with E-state index in [2.05, 4.69) is 10.4 Å². The predicted molar refractivity (Wildman–Crippen MR) is 88.8 cm³/mol. The number of aromatic nitrogens is 2. The summed E-state index contributed by atoms with van der Waals surface area (Å²) in [4.78, 5) is 35.6. The van der Waals surface area contributed by atoms with Gasteiger partial charge in [-0.25, -0.2) is 9.48 Å². The van der Waals surface area contributed by atoms with Gasteiger partial charge in [0.15, 0.2) is 0 Å². The van der Waals surface area contributed by atoms with Crippen LogP contribution in [0.25, 0.3) is 0 Å². The number of rotatable bonds is 6. The Hall–Kier alpha value is -2.18. The second-order valence-electron chi connectivity index (χ2n) is 6.44. The zero-order valence-electron chi connectivity index (χ0n) is 14.2. The minimum Gasteiger partial charge on any atom is -0.480 e. The Morgan fingerprint density at radius 3 is 2.71 bits per heavy atom. The van der Waals surface area contributed by atoms with Gasteiger partial charge < -0.3 is 10.4 Å². The monoisotopic (exact) mass is 335 g/mol. The van der Waals surface area contributed by atoms with Crippen LogP contribution in [-0.4, -0.2) is 32.8 Å². The molecular weight excluding hydrogens is 310 g/mol. The zero-order valence-corrected chi connectivity index (χ0v) is 14.2. The number of fused-ring (bicyclic) bond motifs is 1. The molecule has 1 aliphatic carbocycles. The lowest BCUT2D eigenvalue weighted by Gasteiger charge is -2.20. The van der Waals surface area contributed by atoms with Gasteiger partial charge in [-0.05, 0) is 37.2 Å². The van der Waals surface area contributed by atoms with Crippen LogP contribution < -0.4 is 10.9 Å². The summed E-state index contributed by atoms with van der Waals surface area (Å²) >= 11 is 0. The van der Waals surface area contributed by atoms with Crippen molar-refractivity contribution in [2.45, 2.75) is 65.0 Å². The molecule has 0 unspecified atom stereocenters. The van der Waals surface area contributed by atoms with Crippen LogP contribution in [0.5, 0.6) is 0 Å². The first-order valence-corrected chi connectivity index (χ1v) is 8.54. The van der Waals surface area contributed by atoms with Crippen LogP contribution in [0.1, 0.15) is 50.8 Å². The Kier molecular flexibility index (Phi) is 6.11. The van der Waals surface area contributed by atoms with Crippen molar-refractivity contribution in [3.05, 3.63) is 27.7 Å². The zero-order chi connectivity index (χ0) is 17.7. The van der Waals surface area contributed by atoms with Crippen LogP contribution in [0.2, 0.25) is 0 Å². The van der Waals surface area contributed by atoms with Crippen LogP contribution in [0.4, 0.5) is 0 Å². The lowest BCUT2D eigenvalue weighted by atomic mass is 9.99. The molecule has 2 atom stereocenters. The number of carboxylic acid groups (broad SMARTS) is 1. The summed E-state index contributed by atoms with van der Waals surface area (Å²) in [6.45, 7) is 3.38. The van der Waals surface area contributed by atoms with E-state index < -0.39 is 17.9 Å². The van der Waals surface area contributed by atoms with Gasteiger partial charge in [-0.15, -0.1) is 0 Å². The van der Waals surface area contributed by atoms with Gasteiger partial charge in [-0.3, -0.25) is 9.59 Å². The third kappa shape index (κ3) is 4.43. The first-order valence-electron chi connectivity index (χ1n) is 8.54. The summed E-state index contributed by atoms with van der Waals surface area (Å²) in [5, 5.41) is 16.1. The molecule has 2 rings (SSSR count). The molecule has 7 nitrogen and oxygen atoms in total. The van der Waals surface area contributed by atoms with Crippen LogP contribution in [0.15, 0.2) is 10.9 Å². The molecule has 0 bridgehead atoms. The van der Waals surface area contributed by atoms with Crippen molar-refractivity contribution in [2.75, 3.05) is 0 Å². The van der Waals surface area contributed by atoms with Crippen molar-refractivity contribution < 1.29 is 14.7 Å². The molecule has 0 fully saturated rings. The average Bonchev–Trinajstić information content (AvgIpc) is 2.77. The first-order chi connectivity index (χ1) is 11.4. The molecule has 1 aromatic rings. The highest BCUT2D eigenvalue weighted by Gasteiger charge is 2.25. The molecule has 0 saturated heterocycles. The number of aryl methyl sites for hydroxylation is 2. The number of aliphatic carboxylic acids is 1. The van der Waals surface area contributed by atoms with Crippen molar-refractivity contribution in [3.63, 3.8) is 0 Å². The molecule has 0 aromatic carbocycles. The minimum atomic E-state index is -1.07. The quantitative estimate of drug-likeness (QED) is 0.759. The van der Waals surface area contributed by atoms with E-state index in [1.165, 1.54) is 0 Å². The Balaban J connectivity index is 2.12. The second kappa shape index (κ2) is 8.08. The third-order valence-corrected chi connectivity index (χ3v) is 4.61. The molecule has 0 aliphatic heterocycles. The van der Waals surface area contributed by atoms with Crippen molar-refractivity contribution in [2.24, 2.45) is 5.92 Å². The van der Waals surface area contributed by atoms with Crippen LogP contribution in [-0.2, 0) is 29.0 Å². The van der Waals surface area contributed by atoms with Crippen molar-refractivity contribution in [3.8, 4) is 0 Å². The normalized spacial score (nSPS) is 16.6. The molecule has 2 N–H and O–H groups in total. The summed E-state index contributed by atoms with van der Waals surface area (Å²) in [6, 6.07) is 0.601. The van der Waals surface area contributed by atoms with Gasteiger partial charge in [0.25, 0.3) is 5.56 Å². The smallest absolute Gasteiger partial charge is 0.326 e. The van der Waals surface area contributed by atoms with Crippen molar-refractivity contribution in [1.82, 2.24) is 15.1 Å².